The van der Waals surface area contributed by atoms with Gasteiger partial charge in [-0.05, 0) is 18.2 Å². The van der Waals surface area contributed by atoms with Crippen molar-refractivity contribution in [1.29, 1.82) is 0 Å². The lowest BCUT2D eigenvalue weighted by molar-refractivity contribution is 0.101. The quantitative estimate of drug-likeness (QED) is 0.515. The summed E-state index contributed by atoms with van der Waals surface area (Å²) in [4.78, 5) is 31.7. The predicted molar refractivity (Wildman–Crippen MR) is 63.3 cm³/mol. The second-order valence-corrected chi connectivity index (χ2v) is 3.63. The lowest BCUT2D eigenvalue weighted by Gasteiger charge is -2.02. The maximum atomic E-state index is 11.7. The Labute approximate surface area is 99.5 Å². The van der Waals surface area contributed by atoms with Gasteiger partial charge in [0.1, 0.15) is 6.33 Å². The molecule has 3 aromatic rings. The highest BCUT2D eigenvalue weighted by atomic mass is 16.2. The third-order valence-electron chi connectivity index (χ3n) is 2.40. The number of nitrogens with zero attached hydrogens (tertiary/aromatic N) is 2. The van der Waals surface area contributed by atoms with Crippen LogP contribution >= 0.6 is 0 Å². The van der Waals surface area contributed by atoms with Crippen LogP contribution in [0.4, 0.5) is 5.69 Å². The third kappa shape index (κ3) is 1.75. The zero-order chi connectivity index (χ0) is 12.5. The normalized spacial score (nSPS) is 10.7. The predicted octanol–water partition coefficient (Wildman–Crippen LogP) is 0.227. The van der Waals surface area contributed by atoms with Gasteiger partial charge in [0.25, 0.3) is 5.91 Å². The van der Waals surface area contributed by atoms with Crippen LogP contribution in [0.3, 0.4) is 0 Å². The molecular formula is C10H8N6O2. The smallest absolute Gasteiger partial charge is 0.319 e. The van der Waals surface area contributed by atoms with E-state index in [1.807, 2.05) is 0 Å². The average Bonchev–Trinajstić information content (AvgIpc) is 2.95. The van der Waals surface area contributed by atoms with Crippen molar-refractivity contribution in [2.75, 3.05) is 5.32 Å². The molecule has 0 aliphatic rings. The monoisotopic (exact) mass is 244 g/mol. The summed E-state index contributed by atoms with van der Waals surface area (Å²) in [6, 6.07) is 5.03. The second-order valence-electron chi connectivity index (χ2n) is 3.63. The molecule has 2 aromatic heterocycles. The van der Waals surface area contributed by atoms with Crippen LogP contribution in [0.25, 0.3) is 11.0 Å². The molecule has 4 N–H and O–H groups in total. The van der Waals surface area contributed by atoms with Crippen LogP contribution in [0.1, 0.15) is 10.6 Å². The number of imidazole rings is 1. The fourth-order valence-electron chi connectivity index (χ4n) is 1.62. The van der Waals surface area contributed by atoms with Crippen molar-refractivity contribution in [3.8, 4) is 0 Å². The third-order valence-corrected chi connectivity index (χ3v) is 2.40. The highest BCUT2D eigenvalue weighted by Crippen LogP contribution is 2.14. The Kier molecular flexibility index (Phi) is 2.19. The van der Waals surface area contributed by atoms with Crippen LogP contribution in [-0.2, 0) is 0 Å². The first-order chi connectivity index (χ1) is 8.72. The average molecular weight is 244 g/mol. The van der Waals surface area contributed by atoms with E-state index in [2.05, 4.69) is 30.5 Å². The van der Waals surface area contributed by atoms with Gasteiger partial charge in [-0.3, -0.25) is 9.89 Å². The highest BCUT2D eigenvalue weighted by Gasteiger charge is 2.09. The van der Waals surface area contributed by atoms with Crippen molar-refractivity contribution in [1.82, 2.24) is 25.1 Å². The fourth-order valence-corrected chi connectivity index (χ4v) is 1.62. The topological polar surface area (TPSA) is 119 Å². The van der Waals surface area contributed by atoms with E-state index in [1.165, 1.54) is 6.33 Å². The first-order valence-corrected chi connectivity index (χ1v) is 5.11. The Balaban J connectivity index is 1.91. The van der Waals surface area contributed by atoms with Gasteiger partial charge in [0.05, 0.1) is 11.0 Å². The molecule has 0 aliphatic heterocycles. The molecule has 2 heterocycles. The van der Waals surface area contributed by atoms with Crippen LogP contribution in [0.15, 0.2) is 29.3 Å². The van der Waals surface area contributed by atoms with E-state index >= 15 is 0 Å². The number of H-pyrrole nitrogens is 3. The van der Waals surface area contributed by atoms with Crippen LogP contribution in [-0.4, -0.2) is 31.1 Å². The van der Waals surface area contributed by atoms with E-state index in [0.717, 1.165) is 0 Å². The Hall–Kier alpha value is -2.90. The fraction of sp³-hybridized carbons (Fsp3) is 0. The van der Waals surface area contributed by atoms with Crippen molar-refractivity contribution in [3.05, 3.63) is 40.8 Å². The first-order valence-electron chi connectivity index (χ1n) is 5.11. The van der Waals surface area contributed by atoms with Crippen molar-refractivity contribution < 1.29 is 4.79 Å². The summed E-state index contributed by atoms with van der Waals surface area (Å²) in [6.07, 6.45) is 1.25. The van der Waals surface area contributed by atoms with Gasteiger partial charge >= 0.3 is 5.69 Å². The first kappa shape index (κ1) is 10.3. The van der Waals surface area contributed by atoms with E-state index in [4.69, 9.17) is 0 Å². The number of anilines is 1. The number of hydrogen-bond donors (Lipinski definition) is 4. The Morgan fingerprint density at radius 1 is 1.22 bits per heavy atom. The molecule has 0 bridgehead atoms. The molecule has 0 spiro atoms. The molecule has 0 fully saturated rings. The number of benzene rings is 1. The van der Waals surface area contributed by atoms with Gasteiger partial charge in [0.15, 0.2) is 0 Å². The number of hydrogen-bond acceptors (Lipinski definition) is 4. The Morgan fingerprint density at radius 3 is 2.83 bits per heavy atom. The van der Waals surface area contributed by atoms with E-state index in [9.17, 15) is 9.59 Å². The minimum absolute atomic E-state index is 0.123. The molecule has 0 unspecified atom stereocenters. The molecule has 18 heavy (non-hydrogen) atoms. The van der Waals surface area contributed by atoms with Gasteiger partial charge < -0.3 is 15.3 Å². The number of nitrogens with one attached hydrogen (secondary N) is 4. The molecule has 90 valence electrons. The summed E-state index contributed by atoms with van der Waals surface area (Å²) in [5, 5.41) is 8.69. The number of carbonyl (C=O) groups excluding carboxylic acids is 1. The minimum Gasteiger partial charge on any atom is -0.319 e. The number of fused-ring (bicyclic) bond motifs is 1. The molecule has 0 atom stereocenters. The number of carbonyl (C=O) groups is 1. The van der Waals surface area contributed by atoms with Crippen LogP contribution in [0.2, 0.25) is 0 Å². The van der Waals surface area contributed by atoms with E-state index in [-0.39, 0.29) is 11.5 Å². The van der Waals surface area contributed by atoms with Crippen molar-refractivity contribution in [2.45, 2.75) is 0 Å². The summed E-state index contributed by atoms with van der Waals surface area (Å²) >= 11 is 0. The zero-order valence-electron chi connectivity index (χ0n) is 9.02. The van der Waals surface area contributed by atoms with Crippen molar-refractivity contribution in [3.63, 3.8) is 0 Å². The van der Waals surface area contributed by atoms with Gasteiger partial charge in [0.2, 0.25) is 5.82 Å². The molecule has 0 radical (unpaired) electrons. The molecule has 1 aromatic carbocycles. The number of rotatable bonds is 2. The van der Waals surface area contributed by atoms with Gasteiger partial charge in [-0.15, -0.1) is 0 Å². The molecule has 3 rings (SSSR count). The van der Waals surface area contributed by atoms with Crippen molar-refractivity contribution >= 4 is 22.6 Å². The Bertz CT molecular complexity index is 754. The van der Waals surface area contributed by atoms with Crippen LogP contribution in [0.5, 0.6) is 0 Å². The zero-order valence-corrected chi connectivity index (χ0v) is 9.02. The SMILES string of the molecule is O=C(Nc1ccc2[nH]c(=O)[nH]c2c1)c1ncn[nH]1. The highest BCUT2D eigenvalue weighted by molar-refractivity contribution is 6.02. The summed E-state index contributed by atoms with van der Waals surface area (Å²) in [5.41, 5.74) is 1.57. The minimum atomic E-state index is -0.398. The van der Waals surface area contributed by atoms with E-state index in [0.29, 0.717) is 16.7 Å². The number of aromatic amines is 3. The van der Waals surface area contributed by atoms with Crippen molar-refractivity contribution in [2.24, 2.45) is 0 Å². The molecule has 0 saturated carbocycles. The molecule has 1 amide bonds. The number of aromatic nitrogens is 5. The largest absolute Gasteiger partial charge is 0.323 e. The maximum Gasteiger partial charge on any atom is 0.323 e. The lowest BCUT2D eigenvalue weighted by Crippen LogP contribution is -2.13. The molecule has 0 aliphatic carbocycles. The van der Waals surface area contributed by atoms with Crippen LogP contribution in [0, 0.1) is 0 Å². The molecule has 0 saturated heterocycles. The maximum absolute atomic E-state index is 11.7. The summed E-state index contributed by atoms with van der Waals surface area (Å²) in [6.45, 7) is 0. The molecular weight excluding hydrogens is 236 g/mol. The van der Waals surface area contributed by atoms with Gasteiger partial charge in [-0.25, -0.2) is 9.78 Å². The molecule has 8 nitrogen and oxygen atoms in total. The standard InChI is InChI=1S/C10H8N6O2/c17-9(8-11-4-12-16-8)13-5-1-2-6-7(3-5)15-10(18)14-6/h1-4H,(H,13,17)(H,11,12,16)(H2,14,15,18). The van der Waals surface area contributed by atoms with Gasteiger partial charge in [-0.1, -0.05) is 0 Å². The number of amides is 1. The summed E-state index contributed by atoms with van der Waals surface area (Å²) in [7, 11) is 0. The van der Waals surface area contributed by atoms with Crippen LogP contribution < -0.4 is 11.0 Å². The second kappa shape index (κ2) is 3.84. The van der Waals surface area contributed by atoms with E-state index in [1.54, 1.807) is 18.2 Å². The Morgan fingerprint density at radius 2 is 2.06 bits per heavy atom. The molecule has 8 heteroatoms. The van der Waals surface area contributed by atoms with Gasteiger partial charge in [-0.2, -0.15) is 5.10 Å². The summed E-state index contributed by atoms with van der Waals surface area (Å²) < 4.78 is 0. The summed E-state index contributed by atoms with van der Waals surface area (Å²) in [5.74, 6) is -0.276. The van der Waals surface area contributed by atoms with Gasteiger partial charge in [0, 0.05) is 5.69 Å². The van der Waals surface area contributed by atoms with E-state index < -0.39 is 5.91 Å². The lowest BCUT2D eigenvalue weighted by atomic mass is 10.2.